The normalized spacial score (nSPS) is 19.6. The van der Waals surface area contributed by atoms with Gasteiger partial charge in [0.2, 0.25) is 5.91 Å². The number of nitrogens with zero attached hydrogens (tertiary/aromatic N) is 2. The van der Waals surface area contributed by atoms with Crippen LogP contribution in [-0.2, 0) is 34.6 Å². The Labute approximate surface area is 235 Å². The quantitative estimate of drug-likeness (QED) is 0.320. The lowest BCUT2D eigenvalue weighted by Crippen LogP contribution is -2.53. The number of hydrogen-bond donors (Lipinski definition) is 0. The molecule has 1 aliphatic heterocycles. The third-order valence-electron chi connectivity index (χ3n) is 7.71. The molecule has 2 aliphatic rings. The molecule has 0 saturated heterocycles. The van der Waals surface area contributed by atoms with E-state index in [1.165, 1.54) is 4.90 Å². The van der Waals surface area contributed by atoms with Gasteiger partial charge >= 0.3 is 24.6 Å². The van der Waals surface area contributed by atoms with Gasteiger partial charge in [0, 0.05) is 19.5 Å². The molecule has 0 bridgehead atoms. The van der Waals surface area contributed by atoms with Gasteiger partial charge in [0.1, 0.15) is 0 Å². The summed E-state index contributed by atoms with van der Waals surface area (Å²) in [4.78, 5) is 28.2. The Morgan fingerprint density at radius 1 is 0.881 bits per heavy atom. The molecule has 5 nitrogen and oxygen atoms in total. The van der Waals surface area contributed by atoms with Gasteiger partial charge in [0.05, 0.1) is 35.0 Å². The molecule has 1 saturated carbocycles. The van der Waals surface area contributed by atoms with Crippen molar-refractivity contribution < 1.29 is 53.8 Å². The molecular weight excluding hydrogens is 583 g/mol. The zero-order valence-corrected chi connectivity index (χ0v) is 22.5. The van der Waals surface area contributed by atoms with E-state index in [0.29, 0.717) is 25.0 Å². The maximum atomic E-state index is 13.8. The fourth-order valence-electron chi connectivity index (χ4n) is 5.55. The molecule has 1 fully saturated rings. The summed E-state index contributed by atoms with van der Waals surface area (Å²) in [6, 6.07) is 1.69. The second-order valence-corrected chi connectivity index (χ2v) is 10.4. The zero-order valence-electron chi connectivity index (χ0n) is 22.5. The lowest BCUT2D eigenvalue weighted by atomic mass is 9.74. The van der Waals surface area contributed by atoms with Crippen molar-refractivity contribution >= 4 is 17.7 Å². The average molecular weight is 611 g/mol. The van der Waals surface area contributed by atoms with Crippen molar-refractivity contribution in [1.82, 2.24) is 4.90 Å². The number of anilines is 1. The number of ether oxygens (including phenoxy) is 1. The highest BCUT2D eigenvalue weighted by molar-refractivity contribution is 5.91. The first kappa shape index (κ1) is 31.5. The Kier molecular flexibility index (Phi) is 8.49. The summed E-state index contributed by atoms with van der Waals surface area (Å²) in [6.45, 7) is 1.81. The van der Waals surface area contributed by atoms with Crippen molar-refractivity contribution in [2.45, 2.75) is 76.7 Å². The van der Waals surface area contributed by atoms with Gasteiger partial charge in [-0.2, -0.15) is 39.5 Å². The molecule has 1 aliphatic carbocycles. The summed E-state index contributed by atoms with van der Waals surface area (Å²) >= 11 is 0. The highest BCUT2D eigenvalue weighted by atomic mass is 19.4. The Balaban J connectivity index is 1.87. The van der Waals surface area contributed by atoms with E-state index in [0.717, 1.165) is 36.4 Å². The predicted molar refractivity (Wildman–Crippen MR) is 132 cm³/mol. The molecule has 2 aromatic carbocycles. The van der Waals surface area contributed by atoms with Gasteiger partial charge < -0.3 is 9.64 Å². The topological polar surface area (TPSA) is 49.9 Å². The first-order valence-electron chi connectivity index (χ1n) is 13.1. The van der Waals surface area contributed by atoms with E-state index in [2.05, 4.69) is 0 Å². The standard InChI is InChI=1S/C28H27F9N2O3/c1-3-42-25(41)39-22-8-7-18(26(29,30)31)12-21(22)24(13-23(39)17-5-4-6-17)38(15(2)40)14-16-9-19(27(32,33)34)11-20(10-16)28(35,36)37/h7-12,17,23-24H,3-6,13-14H2,1-2H3/t23-,24-/m0/s1. The third-order valence-corrected chi connectivity index (χ3v) is 7.71. The van der Waals surface area contributed by atoms with Gasteiger partial charge in [-0.1, -0.05) is 6.42 Å². The number of amides is 2. The van der Waals surface area contributed by atoms with Crippen LogP contribution in [0.3, 0.4) is 0 Å². The van der Waals surface area contributed by atoms with Gasteiger partial charge in [0.15, 0.2) is 0 Å². The monoisotopic (exact) mass is 610 g/mol. The van der Waals surface area contributed by atoms with E-state index in [1.807, 2.05) is 0 Å². The third kappa shape index (κ3) is 6.46. The Hall–Kier alpha value is -3.45. The van der Waals surface area contributed by atoms with Crippen LogP contribution in [0.2, 0.25) is 0 Å². The van der Waals surface area contributed by atoms with Crippen LogP contribution in [0, 0.1) is 5.92 Å². The van der Waals surface area contributed by atoms with Crippen LogP contribution in [0.25, 0.3) is 0 Å². The lowest BCUT2D eigenvalue weighted by Gasteiger charge is -2.48. The Morgan fingerprint density at radius 3 is 1.90 bits per heavy atom. The molecule has 2 atom stereocenters. The van der Waals surface area contributed by atoms with Crippen molar-refractivity contribution in [3.05, 3.63) is 64.2 Å². The highest BCUT2D eigenvalue weighted by Crippen LogP contribution is 2.49. The van der Waals surface area contributed by atoms with E-state index >= 15 is 0 Å². The number of halogens is 9. The fourth-order valence-corrected chi connectivity index (χ4v) is 5.55. The fraction of sp³-hybridized carbons (Fsp3) is 0.500. The maximum absolute atomic E-state index is 13.8. The van der Waals surface area contributed by atoms with Crippen LogP contribution >= 0.6 is 0 Å². The molecule has 0 unspecified atom stereocenters. The van der Waals surface area contributed by atoms with Crippen LogP contribution in [0.1, 0.15) is 73.4 Å². The van der Waals surface area contributed by atoms with Crippen LogP contribution in [0.15, 0.2) is 36.4 Å². The molecule has 0 spiro atoms. The summed E-state index contributed by atoms with van der Waals surface area (Å²) < 4.78 is 127. The van der Waals surface area contributed by atoms with E-state index in [9.17, 15) is 49.1 Å². The van der Waals surface area contributed by atoms with E-state index < -0.39 is 71.4 Å². The summed E-state index contributed by atoms with van der Waals surface area (Å²) in [5, 5.41) is 0. The molecule has 2 aromatic rings. The van der Waals surface area contributed by atoms with Crippen LogP contribution < -0.4 is 4.90 Å². The minimum absolute atomic E-state index is 0.0250. The van der Waals surface area contributed by atoms with Gasteiger partial charge in [-0.05, 0) is 79.6 Å². The maximum Gasteiger partial charge on any atom is 0.416 e. The second kappa shape index (κ2) is 11.3. The smallest absolute Gasteiger partial charge is 0.416 e. The molecule has 1 heterocycles. The van der Waals surface area contributed by atoms with Crippen molar-refractivity contribution in [3.63, 3.8) is 0 Å². The number of hydrogen-bond acceptors (Lipinski definition) is 3. The molecule has 0 radical (unpaired) electrons. The number of fused-ring (bicyclic) bond motifs is 1. The summed E-state index contributed by atoms with van der Waals surface area (Å²) in [5.74, 6) is -0.891. The van der Waals surface area contributed by atoms with Crippen LogP contribution in [0.5, 0.6) is 0 Å². The van der Waals surface area contributed by atoms with Gasteiger partial charge in [-0.15, -0.1) is 0 Å². The minimum atomic E-state index is -5.13. The van der Waals surface area contributed by atoms with Crippen molar-refractivity contribution in [2.75, 3.05) is 11.5 Å². The Bertz CT molecular complexity index is 1300. The first-order chi connectivity index (χ1) is 19.4. The number of benzene rings is 2. The minimum Gasteiger partial charge on any atom is -0.449 e. The Morgan fingerprint density at radius 2 is 1.45 bits per heavy atom. The SMILES string of the molecule is CCOC(=O)N1c2ccc(C(F)(F)F)cc2[C@@H](N(Cc2cc(C(F)(F)F)cc(C(F)(F)F)c2)C(C)=O)C[C@H]1C1CCC1. The number of alkyl halides is 9. The summed E-state index contributed by atoms with van der Waals surface area (Å²) in [7, 11) is 0. The number of carbonyl (C=O) groups excluding carboxylic acids is 2. The molecule has 230 valence electrons. The van der Waals surface area contributed by atoms with Crippen molar-refractivity contribution in [2.24, 2.45) is 5.92 Å². The lowest BCUT2D eigenvalue weighted by molar-refractivity contribution is -0.143. The van der Waals surface area contributed by atoms with E-state index in [-0.39, 0.29) is 36.3 Å². The number of rotatable bonds is 5. The van der Waals surface area contributed by atoms with Gasteiger partial charge in [-0.25, -0.2) is 4.79 Å². The summed E-state index contributed by atoms with van der Waals surface area (Å²) in [5.41, 5.74) is -4.86. The summed E-state index contributed by atoms with van der Waals surface area (Å²) in [6.07, 6.45) is -13.8. The van der Waals surface area contributed by atoms with Crippen LogP contribution in [-0.4, -0.2) is 29.5 Å². The van der Waals surface area contributed by atoms with Crippen molar-refractivity contribution in [1.29, 1.82) is 0 Å². The van der Waals surface area contributed by atoms with E-state index in [1.54, 1.807) is 6.92 Å². The van der Waals surface area contributed by atoms with Crippen LogP contribution in [0.4, 0.5) is 50.0 Å². The average Bonchev–Trinajstić information content (AvgIpc) is 2.83. The molecule has 0 N–H and O–H groups in total. The molecule has 42 heavy (non-hydrogen) atoms. The van der Waals surface area contributed by atoms with E-state index in [4.69, 9.17) is 4.74 Å². The van der Waals surface area contributed by atoms with Gasteiger partial charge in [-0.3, -0.25) is 9.69 Å². The van der Waals surface area contributed by atoms with Crippen molar-refractivity contribution in [3.8, 4) is 0 Å². The van der Waals surface area contributed by atoms with Gasteiger partial charge in [0.25, 0.3) is 0 Å². The highest BCUT2D eigenvalue weighted by Gasteiger charge is 2.46. The number of carbonyl (C=O) groups is 2. The zero-order chi connectivity index (χ0) is 31.2. The molecule has 4 rings (SSSR count). The molecule has 14 heteroatoms. The first-order valence-corrected chi connectivity index (χ1v) is 13.1. The molecule has 2 amide bonds. The largest absolute Gasteiger partial charge is 0.449 e. The molecular formula is C28H27F9N2O3. The predicted octanol–water partition coefficient (Wildman–Crippen LogP) is 8.37. The second-order valence-electron chi connectivity index (χ2n) is 10.4. The molecule has 0 aromatic heterocycles.